The first-order valence-electron chi connectivity index (χ1n) is 10.7. The van der Waals surface area contributed by atoms with Crippen LogP contribution < -0.4 is 9.62 Å². The SMILES string of the molecule is CCCNC(=O)[C@H](C)N(Cc1ccccc1C)C(=O)CN(c1ccc(C)cc1)S(C)(=O)=O. The average Bonchev–Trinajstić information content (AvgIpc) is 2.74. The summed E-state index contributed by atoms with van der Waals surface area (Å²) in [5.74, 6) is -0.714. The number of anilines is 1. The van der Waals surface area contributed by atoms with Gasteiger partial charge in [0.2, 0.25) is 21.8 Å². The lowest BCUT2D eigenvalue weighted by Crippen LogP contribution is -2.51. The predicted octanol–water partition coefficient (Wildman–Crippen LogP) is 3.01. The van der Waals surface area contributed by atoms with Gasteiger partial charge >= 0.3 is 0 Å². The first-order valence-corrected chi connectivity index (χ1v) is 12.6. The second kappa shape index (κ2) is 11.1. The van der Waals surface area contributed by atoms with E-state index in [9.17, 15) is 18.0 Å². The van der Waals surface area contributed by atoms with Crippen LogP contribution >= 0.6 is 0 Å². The highest BCUT2D eigenvalue weighted by molar-refractivity contribution is 7.92. The molecule has 0 saturated carbocycles. The molecule has 0 radical (unpaired) electrons. The predicted molar refractivity (Wildman–Crippen MR) is 128 cm³/mol. The fraction of sp³-hybridized carbons (Fsp3) is 0.417. The second-order valence-electron chi connectivity index (χ2n) is 8.02. The first-order chi connectivity index (χ1) is 15.0. The summed E-state index contributed by atoms with van der Waals surface area (Å²) in [4.78, 5) is 27.5. The Labute approximate surface area is 191 Å². The van der Waals surface area contributed by atoms with E-state index in [0.717, 1.165) is 33.7 Å². The molecule has 0 bridgehead atoms. The van der Waals surface area contributed by atoms with E-state index in [1.165, 1.54) is 4.90 Å². The van der Waals surface area contributed by atoms with Crippen LogP contribution in [0.2, 0.25) is 0 Å². The van der Waals surface area contributed by atoms with Gasteiger partial charge in [0, 0.05) is 13.1 Å². The van der Waals surface area contributed by atoms with Gasteiger partial charge in [-0.2, -0.15) is 0 Å². The molecule has 0 heterocycles. The summed E-state index contributed by atoms with van der Waals surface area (Å²) >= 11 is 0. The summed E-state index contributed by atoms with van der Waals surface area (Å²) in [6, 6.07) is 13.8. The minimum absolute atomic E-state index is 0.206. The third-order valence-corrected chi connectivity index (χ3v) is 6.46. The highest BCUT2D eigenvalue weighted by Crippen LogP contribution is 2.20. The Morgan fingerprint density at radius 3 is 2.22 bits per heavy atom. The van der Waals surface area contributed by atoms with E-state index < -0.39 is 22.0 Å². The molecule has 1 atom stereocenters. The Hall–Kier alpha value is -2.87. The lowest BCUT2D eigenvalue weighted by atomic mass is 10.1. The average molecular weight is 460 g/mol. The fourth-order valence-electron chi connectivity index (χ4n) is 3.27. The number of nitrogens with zero attached hydrogens (tertiary/aromatic N) is 2. The molecule has 0 fully saturated rings. The number of hydrogen-bond acceptors (Lipinski definition) is 4. The Morgan fingerprint density at radius 1 is 1.03 bits per heavy atom. The highest BCUT2D eigenvalue weighted by atomic mass is 32.2. The van der Waals surface area contributed by atoms with Crippen molar-refractivity contribution in [3.63, 3.8) is 0 Å². The van der Waals surface area contributed by atoms with Gasteiger partial charge in [-0.3, -0.25) is 13.9 Å². The van der Waals surface area contributed by atoms with E-state index in [-0.39, 0.29) is 19.0 Å². The molecule has 0 saturated heterocycles. The molecule has 174 valence electrons. The molecule has 8 heteroatoms. The first kappa shape index (κ1) is 25.4. The van der Waals surface area contributed by atoms with E-state index in [0.29, 0.717) is 12.2 Å². The lowest BCUT2D eigenvalue weighted by Gasteiger charge is -2.31. The zero-order valence-electron chi connectivity index (χ0n) is 19.5. The summed E-state index contributed by atoms with van der Waals surface area (Å²) in [5, 5.41) is 2.82. The maximum absolute atomic E-state index is 13.4. The van der Waals surface area contributed by atoms with Crippen molar-refractivity contribution in [1.82, 2.24) is 10.2 Å². The van der Waals surface area contributed by atoms with Crippen LogP contribution in [0.5, 0.6) is 0 Å². The number of amides is 2. The summed E-state index contributed by atoms with van der Waals surface area (Å²) in [5.41, 5.74) is 3.28. The number of nitrogens with one attached hydrogen (secondary N) is 1. The largest absolute Gasteiger partial charge is 0.354 e. The van der Waals surface area contributed by atoms with Crippen molar-refractivity contribution in [3.8, 4) is 0 Å². The van der Waals surface area contributed by atoms with Crippen LogP contribution in [0.4, 0.5) is 5.69 Å². The van der Waals surface area contributed by atoms with Crippen LogP contribution in [-0.4, -0.2) is 50.5 Å². The monoisotopic (exact) mass is 459 g/mol. The summed E-state index contributed by atoms with van der Waals surface area (Å²) < 4.78 is 26.1. The van der Waals surface area contributed by atoms with Gasteiger partial charge in [-0.05, 0) is 50.5 Å². The van der Waals surface area contributed by atoms with Crippen LogP contribution in [0, 0.1) is 13.8 Å². The number of hydrogen-bond donors (Lipinski definition) is 1. The smallest absolute Gasteiger partial charge is 0.244 e. The van der Waals surface area contributed by atoms with Crippen molar-refractivity contribution >= 4 is 27.5 Å². The number of carbonyl (C=O) groups excluding carboxylic acids is 2. The molecule has 2 aromatic rings. The van der Waals surface area contributed by atoms with Crippen molar-refractivity contribution in [1.29, 1.82) is 0 Å². The van der Waals surface area contributed by atoms with Crippen molar-refractivity contribution in [2.45, 2.75) is 46.7 Å². The molecule has 0 aliphatic rings. The van der Waals surface area contributed by atoms with E-state index in [4.69, 9.17) is 0 Å². The molecular weight excluding hydrogens is 426 g/mol. The molecule has 0 aromatic heterocycles. The molecule has 0 unspecified atom stereocenters. The topological polar surface area (TPSA) is 86.8 Å². The normalized spacial score (nSPS) is 12.2. The van der Waals surface area contributed by atoms with Gasteiger partial charge < -0.3 is 10.2 Å². The van der Waals surface area contributed by atoms with Gasteiger partial charge in [0.25, 0.3) is 0 Å². The van der Waals surface area contributed by atoms with Gasteiger partial charge in [0.05, 0.1) is 11.9 Å². The van der Waals surface area contributed by atoms with Crippen LogP contribution in [-0.2, 0) is 26.2 Å². The highest BCUT2D eigenvalue weighted by Gasteiger charge is 2.30. The molecule has 0 aliphatic carbocycles. The number of benzene rings is 2. The Morgan fingerprint density at radius 2 is 1.66 bits per heavy atom. The van der Waals surface area contributed by atoms with Gasteiger partial charge in [-0.15, -0.1) is 0 Å². The Bertz CT molecular complexity index is 1040. The zero-order chi connectivity index (χ0) is 23.9. The minimum atomic E-state index is -3.72. The molecule has 2 rings (SSSR count). The van der Waals surface area contributed by atoms with E-state index in [1.54, 1.807) is 31.2 Å². The van der Waals surface area contributed by atoms with Gasteiger partial charge in [-0.1, -0.05) is 48.9 Å². The number of rotatable bonds is 10. The van der Waals surface area contributed by atoms with Gasteiger partial charge in [-0.25, -0.2) is 8.42 Å². The maximum Gasteiger partial charge on any atom is 0.244 e. The fourth-order valence-corrected chi connectivity index (χ4v) is 4.12. The standard InChI is InChI=1S/C24H33N3O4S/c1-6-15-25-24(29)20(4)26(16-21-10-8-7-9-19(21)3)23(28)17-27(32(5,30)31)22-13-11-18(2)12-14-22/h7-14,20H,6,15-17H2,1-5H3,(H,25,29)/t20-/m0/s1. The van der Waals surface area contributed by atoms with Crippen LogP contribution in [0.15, 0.2) is 48.5 Å². The van der Waals surface area contributed by atoms with Crippen molar-refractivity contribution in [2.24, 2.45) is 0 Å². The number of carbonyl (C=O) groups is 2. The summed E-state index contributed by atoms with van der Waals surface area (Å²) in [7, 11) is -3.72. The number of sulfonamides is 1. The van der Waals surface area contributed by atoms with E-state index >= 15 is 0 Å². The minimum Gasteiger partial charge on any atom is -0.354 e. The summed E-state index contributed by atoms with van der Waals surface area (Å²) in [6.45, 7) is 7.78. The van der Waals surface area contributed by atoms with E-state index in [2.05, 4.69) is 5.32 Å². The lowest BCUT2D eigenvalue weighted by molar-refractivity contribution is -0.139. The van der Waals surface area contributed by atoms with E-state index in [1.807, 2.05) is 45.0 Å². The van der Waals surface area contributed by atoms with Gasteiger partial charge in [0.1, 0.15) is 12.6 Å². The zero-order valence-corrected chi connectivity index (χ0v) is 20.3. The quantitative estimate of drug-likeness (QED) is 0.592. The van der Waals surface area contributed by atoms with Gasteiger partial charge in [0.15, 0.2) is 0 Å². The Balaban J connectivity index is 2.37. The molecule has 2 aromatic carbocycles. The van der Waals surface area contributed by atoms with Crippen LogP contribution in [0.25, 0.3) is 0 Å². The maximum atomic E-state index is 13.4. The molecule has 0 aliphatic heterocycles. The van der Waals surface area contributed by atoms with Crippen LogP contribution in [0.3, 0.4) is 0 Å². The molecule has 1 N–H and O–H groups in total. The molecule has 2 amide bonds. The molecular formula is C24H33N3O4S. The van der Waals surface area contributed by atoms with Crippen LogP contribution in [0.1, 0.15) is 37.0 Å². The molecule has 0 spiro atoms. The Kier molecular flexibility index (Phi) is 8.83. The second-order valence-corrected chi connectivity index (χ2v) is 9.93. The van der Waals surface area contributed by atoms with Crippen molar-refractivity contribution in [2.75, 3.05) is 23.7 Å². The third-order valence-electron chi connectivity index (χ3n) is 5.32. The van der Waals surface area contributed by atoms with Crippen molar-refractivity contribution in [3.05, 3.63) is 65.2 Å². The molecule has 7 nitrogen and oxygen atoms in total. The number of aryl methyl sites for hydroxylation is 2. The molecule has 32 heavy (non-hydrogen) atoms. The van der Waals surface area contributed by atoms with Crippen molar-refractivity contribution < 1.29 is 18.0 Å². The third kappa shape index (κ3) is 6.82. The summed E-state index contributed by atoms with van der Waals surface area (Å²) in [6.07, 6.45) is 1.85.